The molecule has 3 heteroatoms. The van der Waals surface area contributed by atoms with Gasteiger partial charge in [-0.1, -0.05) is 26.8 Å². The Labute approximate surface area is 91.1 Å². The molecule has 0 spiro atoms. The van der Waals surface area contributed by atoms with E-state index in [9.17, 15) is 0 Å². The lowest BCUT2D eigenvalue weighted by Gasteiger charge is -2.20. The maximum atomic E-state index is 5.98. The maximum Gasteiger partial charge on any atom is 0.0836 e. The molecule has 1 aliphatic rings. The SMILES string of the molecule is CC.CCC(N)C1=CCCC(Cl)S1. The molecule has 0 saturated heterocycles. The van der Waals surface area contributed by atoms with E-state index in [0.29, 0.717) is 0 Å². The van der Waals surface area contributed by atoms with Gasteiger partial charge in [-0.3, -0.25) is 0 Å². The minimum Gasteiger partial charge on any atom is -0.324 e. The highest BCUT2D eigenvalue weighted by molar-refractivity contribution is 8.04. The zero-order valence-corrected chi connectivity index (χ0v) is 10.3. The summed E-state index contributed by atoms with van der Waals surface area (Å²) in [5.41, 5.74) is 5.86. The highest BCUT2D eigenvalue weighted by Crippen LogP contribution is 2.34. The second-order valence-corrected chi connectivity index (χ2v) is 4.79. The standard InChI is InChI=1S/C8H14ClNS.C2H6/c1-2-6(10)7-4-3-5-8(9)11-7;1-2/h4,6,8H,2-3,5,10H2,1H3;1-2H3. The van der Waals surface area contributed by atoms with Crippen LogP contribution in [0.4, 0.5) is 0 Å². The van der Waals surface area contributed by atoms with Crippen molar-refractivity contribution in [2.24, 2.45) is 5.73 Å². The summed E-state index contributed by atoms with van der Waals surface area (Å²) in [5, 5.41) is 0. The van der Waals surface area contributed by atoms with Gasteiger partial charge in [-0.25, -0.2) is 0 Å². The number of nitrogens with two attached hydrogens (primary N) is 1. The van der Waals surface area contributed by atoms with Crippen LogP contribution in [0.1, 0.15) is 40.0 Å². The summed E-state index contributed by atoms with van der Waals surface area (Å²) in [6.07, 6.45) is 5.39. The first-order valence-corrected chi connectivity index (χ1v) is 6.32. The van der Waals surface area contributed by atoms with Gasteiger partial charge >= 0.3 is 0 Å². The summed E-state index contributed by atoms with van der Waals surface area (Å²) >= 11 is 7.70. The average Bonchev–Trinajstić information content (AvgIpc) is 2.20. The van der Waals surface area contributed by atoms with Crippen molar-refractivity contribution >= 4 is 23.4 Å². The average molecular weight is 222 g/mol. The Hall–Kier alpha value is 0.340. The molecule has 1 rings (SSSR count). The molecule has 0 aromatic heterocycles. The summed E-state index contributed by atoms with van der Waals surface area (Å²) in [5.74, 6) is 0. The Morgan fingerprint density at radius 1 is 1.69 bits per heavy atom. The van der Waals surface area contributed by atoms with E-state index >= 15 is 0 Å². The Kier molecular flexibility index (Phi) is 7.92. The lowest BCUT2D eigenvalue weighted by molar-refractivity contribution is 0.758. The van der Waals surface area contributed by atoms with Gasteiger partial charge in [-0.05, 0) is 24.2 Å². The Morgan fingerprint density at radius 3 is 2.77 bits per heavy atom. The molecule has 0 amide bonds. The lowest BCUT2D eigenvalue weighted by Crippen LogP contribution is -2.22. The van der Waals surface area contributed by atoms with E-state index in [-0.39, 0.29) is 10.8 Å². The molecule has 0 fully saturated rings. The quantitative estimate of drug-likeness (QED) is 0.720. The van der Waals surface area contributed by atoms with Crippen LogP contribution < -0.4 is 5.73 Å². The zero-order chi connectivity index (χ0) is 10.3. The van der Waals surface area contributed by atoms with E-state index in [4.69, 9.17) is 17.3 Å². The summed E-state index contributed by atoms with van der Waals surface area (Å²) in [7, 11) is 0. The smallest absolute Gasteiger partial charge is 0.0836 e. The Morgan fingerprint density at radius 2 is 2.31 bits per heavy atom. The number of alkyl halides is 1. The van der Waals surface area contributed by atoms with Crippen molar-refractivity contribution in [2.75, 3.05) is 0 Å². The number of hydrogen-bond donors (Lipinski definition) is 1. The summed E-state index contributed by atoms with van der Waals surface area (Å²) in [6.45, 7) is 6.10. The van der Waals surface area contributed by atoms with Gasteiger partial charge in [0.2, 0.25) is 0 Å². The minimum absolute atomic E-state index is 0.210. The molecule has 0 aromatic carbocycles. The van der Waals surface area contributed by atoms with E-state index in [2.05, 4.69) is 13.0 Å². The molecular formula is C10H20ClNS. The third-order valence-electron chi connectivity index (χ3n) is 1.81. The van der Waals surface area contributed by atoms with Crippen LogP contribution >= 0.6 is 23.4 Å². The highest BCUT2D eigenvalue weighted by atomic mass is 35.5. The predicted octanol–water partition coefficient (Wildman–Crippen LogP) is 3.73. The van der Waals surface area contributed by atoms with Crippen molar-refractivity contribution in [3.8, 4) is 0 Å². The fourth-order valence-electron chi connectivity index (χ4n) is 1.05. The van der Waals surface area contributed by atoms with Crippen LogP contribution in [0.3, 0.4) is 0 Å². The minimum atomic E-state index is 0.210. The van der Waals surface area contributed by atoms with Gasteiger partial charge in [-0.2, -0.15) is 0 Å². The van der Waals surface area contributed by atoms with Gasteiger partial charge < -0.3 is 5.73 Å². The van der Waals surface area contributed by atoms with Crippen LogP contribution in [-0.2, 0) is 0 Å². The molecule has 2 unspecified atom stereocenters. The largest absolute Gasteiger partial charge is 0.324 e. The molecule has 1 aliphatic heterocycles. The molecular weight excluding hydrogens is 202 g/mol. The third kappa shape index (κ3) is 4.94. The lowest BCUT2D eigenvalue weighted by atomic mass is 10.2. The van der Waals surface area contributed by atoms with Gasteiger partial charge in [-0.15, -0.1) is 23.4 Å². The van der Waals surface area contributed by atoms with Crippen LogP contribution in [-0.4, -0.2) is 10.8 Å². The first-order chi connectivity index (χ1) is 6.24. The summed E-state index contributed by atoms with van der Waals surface area (Å²) in [6, 6.07) is 0.210. The van der Waals surface area contributed by atoms with Gasteiger partial charge in [0, 0.05) is 6.04 Å². The second kappa shape index (κ2) is 7.72. The molecule has 1 nitrogen and oxygen atoms in total. The number of rotatable bonds is 2. The second-order valence-electron chi connectivity index (χ2n) is 2.73. The molecule has 0 bridgehead atoms. The van der Waals surface area contributed by atoms with Gasteiger partial charge in [0.15, 0.2) is 0 Å². The Balaban J connectivity index is 0.000000671. The number of allylic oxidation sites excluding steroid dienone is 1. The van der Waals surface area contributed by atoms with Crippen molar-refractivity contribution < 1.29 is 0 Å². The van der Waals surface area contributed by atoms with Crippen molar-refractivity contribution in [3.63, 3.8) is 0 Å². The fraction of sp³-hybridized carbons (Fsp3) is 0.800. The monoisotopic (exact) mass is 221 g/mol. The van der Waals surface area contributed by atoms with Crippen LogP contribution in [0.5, 0.6) is 0 Å². The molecule has 0 aliphatic carbocycles. The van der Waals surface area contributed by atoms with Crippen molar-refractivity contribution in [3.05, 3.63) is 11.0 Å². The van der Waals surface area contributed by atoms with Crippen molar-refractivity contribution in [2.45, 2.75) is 50.8 Å². The van der Waals surface area contributed by atoms with E-state index in [1.165, 1.54) is 4.91 Å². The molecule has 13 heavy (non-hydrogen) atoms. The van der Waals surface area contributed by atoms with Gasteiger partial charge in [0.05, 0.1) is 4.71 Å². The topological polar surface area (TPSA) is 26.0 Å². The third-order valence-corrected chi connectivity index (χ3v) is 3.53. The number of hydrogen-bond acceptors (Lipinski definition) is 2. The van der Waals surface area contributed by atoms with Crippen molar-refractivity contribution in [1.29, 1.82) is 0 Å². The normalized spacial score (nSPS) is 24.1. The first kappa shape index (κ1) is 13.3. The molecule has 2 atom stereocenters. The molecule has 0 aromatic rings. The zero-order valence-electron chi connectivity index (χ0n) is 8.72. The fourth-order valence-corrected chi connectivity index (χ4v) is 2.59. The van der Waals surface area contributed by atoms with Crippen LogP contribution in [0.15, 0.2) is 11.0 Å². The van der Waals surface area contributed by atoms with Crippen molar-refractivity contribution in [1.82, 2.24) is 0 Å². The summed E-state index contributed by atoms with van der Waals surface area (Å²) < 4.78 is 0.243. The van der Waals surface area contributed by atoms with Crippen LogP contribution in [0, 0.1) is 0 Å². The molecule has 78 valence electrons. The van der Waals surface area contributed by atoms with Crippen LogP contribution in [0.25, 0.3) is 0 Å². The molecule has 0 radical (unpaired) electrons. The van der Waals surface area contributed by atoms with Crippen LogP contribution in [0.2, 0.25) is 0 Å². The Bertz CT molecular complexity index is 159. The number of thioether (sulfide) groups is 1. The van der Waals surface area contributed by atoms with E-state index < -0.39 is 0 Å². The molecule has 2 N–H and O–H groups in total. The number of halogens is 1. The molecule has 1 heterocycles. The van der Waals surface area contributed by atoms with Gasteiger partial charge in [0.25, 0.3) is 0 Å². The van der Waals surface area contributed by atoms with E-state index in [1.807, 2.05) is 13.8 Å². The van der Waals surface area contributed by atoms with E-state index in [1.54, 1.807) is 11.8 Å². The maximum absolute atomic E-state index is 5.98. The van der Waals surface area contributed by atoms with Gasteiger partial charge in [0.1, 0.15) is 0 Å². The highest BCUT2D eigenvalue weighted by Gasteiger charge is 2.16. The van der Waals surface area contributed by atoms with E-state index in [0.717, 1.165) is 19.3 Å². The first-order valence-electron chi connectivity index (χ1n) is 5.00. The molecule has 0 saturated carbocycles. The summed E-state index contributed by atoms with van der Waals surface area (Å²) in [4.78, 5) is 1.28. The predicted molar refractivity (Wildman–Crippen MR) is 64.2 cm³/mol.